The van der Waals surface area contributed by atoms with Gasteiger partial charge in [0.05, 0.1) is 0 Å². The average molecular weight is 425 g/mol. The molecule has 1 fully saturated rings. The highest BCUT2D eigenvalue weighted by atomic mass is 79.9. The Morgan fingerprint density at radius 3 is 2.43 bits per heavy atom. The molecule has 1 nitrogen and oxygen atoms in total. The van der Waals surface area contributed by atoms with E-state index < -0.39 is 14.2 Å². The summed E-state index contributed by atoms with van der Waals surface area (Å²) in [6.07, 6.45) is 1.63. The maximum absolute atomic E-state index is 13.3. The van der Waals surface area contributed by atoms with E-state index in [-0.39, 0.29) is 29.9 Å². The van der Waals surface area contributed by atoms with Crippen LogP contribution in [0.3, 0.4) is 0 Å². The number of thiophene rings is 1. The first-order valence-electron chi connectivity index (χ1n) is 8.19. The Kier molecular flexibility index (Phi) is 5.82. The minimum Gasteiger partial charge on any atom is -0.414 e. The number of hydrogen-bond acceptors (Lipinski definition) is 2. The predicted octanol–water partition coefficient (Wildman–Crippen LogP) is 6.88. The standard InChI is InChI=1S/C17H27BrF2OSSi/c1-16(2,3)23(4,5)21-14(12-10-17(19,20)11-12)6-7-15-13(18)8-9-22-15/h8-9,12,14H,6-7,10-11H2,1-5H3. The van der Waals surface area contributed by atoms with Crippen molar-refractivity contribution in [2.75, 3.05) is 0 Å². The first-order chi connectivity index (χ1) is 10.4. The fourth-order valence-corrected chi connectivity index (χ4v) is 5.68. The Balaban J connectivity index is 2.05. The summed E-state index contributed by atoms with van der Waals surface area (Å²) in [5, 5.41) is 2.15. The van der Waals surface area contributed by atoms with E-state index >= 15 is 0 Å². The Labute approximate surface area is 152 Å². The van der Waals surface area contributed by atoms with Crippen LogP contribution in [0.1, 0.15) is 44.9 Å². The van der Waals surface area contributed by atoms with Crippen LogP contribution < -0.4 is 0 Å². The van der Waals surface area contributed by atoms with Crippen LogP contribution in [-0.4, -0.2) is 20.3 Å². The van der Waals surface area contributed by atoms with Gasteiger partial charge in [0.1, 0.15) is 0 Å². The molecule has 2 rings (SSSR count). The SMILES string of the molecule is CC(C)(C)[Si](C)(C)OC(CCc1sccc1Br)C1CC(F)(F)C1. The second-order valence-corrected chi connectivity index (χ2v) is 14.8. The number of hydrogen-bond donors (Lipinski definition) is 0. The summed E-state index contributed by atoms with van der Waals surface area (Å²) in [5.74, 6) is -2.48. The van der Waals surface area contributed by atoms with Crippen molar-refractivity contribution < 1.29 is 13.2 Å². The molecule has 1 aromatic heterocycles. The summed E-state index contributed by atoms with van der Waals surface area (Å²) in [7, 11) is -1.95. The first-order valence-corrected chi connectivity index (χ1v) is 12.8. The van der Waals surface area contributed by atoms with Crippen LogP contribution in [0.5, 0.6) is 0 Å². The molecule has 0 amide bonds. The molecule has 0 N–H and O–H groups in total. The monoisotopic (exact) mass is 424 g/mol. The zero-order valence-corrected chi connectivity index (χ0v) is 18.0. The molecule has 1 atom stereocenters. The van der Waals surface area contributed by atoms with Crippen LogP contribution in [0.15, 0.2) is 15.9 Å². The largest absolute Gasteiger partial charge is 0.414 e. The number of alkyl halides is 2. The van der Waals surface area contributed by atoms with Gasteiger partial charge in [-0.2, -0.15) is 0 Å². The van der Waals surface area contributed by atoms with E-state index in [2.05, 4.69) is 55.2 Å². The van der Waals surface area contributed by atoms with Gasteiger partial charge >= 0.3 is 0 Å². The fourth-order valence-electron chi connectivity index (χ4n) is 2.69. The van der Waals surface area contributed by atoms with Crippen molar-refractivity contribution in [2.24, 2.45) is 5.92 Å². The molecule has 0 bridgehead atoms. The second kappa shape index (κ2) is 6.85. The normalized spacial score (nSPS) is 20.3. The van der Waals surface area contributed by atoms with Crippen LogP contribution >= 0.6 is 27.3 Å². The number of aryl methyl sites for hydroxylation is 1. The van der Waals surface area contributed by atoms with Gasteiger partial charge in [-0.1, -0.05) is 20.8 Å². The van der Waals surface area contributed by atoms with Gasteiger partial charge in [-0.05, 0) is 64.3 Å². The smallest absolute Gasteiger partial charge is 0.248 e. The van der Waals surface area contributed by atoms with E-state index in [0.717, 1.165) is 17.3 Å². The van der Waals surface area contributed by atoms with Gasteiger partial charge in [0, 0.05) is 28.3 Å². The van der Waals surface area contributed by atoms with Gasteiger partial charge in [-0.25, -0.2) is 8.78 Å². The van der Waals surface area contributed by atoms with Gasteiger partial charge in [0.15, 0.2) is 8.32 Å². The molecule has 1 aliphatic carbocycles. The molecule has 132 valence electrons. The lowest BCUT2D eigenvalue weighted by Crippen LogP contribution is -2.50. The summed E-state index contributed by atoms with van der Waals surface area (Å²) in [6, 6.07) is 2.04. The molecule has 1 aromatic rings. The molecule has 6 heteroatoms. The van der Waals surface area contributed by atoms with Crippen molar-refractivity contribution >= 4 is 35.6 Å². The Bertz CT molecular complexity index is 531. The molecule has 0 aromatic carbocycles. The van der Waals surface area contributed by atoms with Crippen LogP contribution in [0.2, 0.25) is 18.1 Å². The molecule has 1 unspecified atom stereocenters. The zero-order chi connectivity index (χ0) is 17.5. The van der Waals surface area contributed by atoms with E-state index in [0.29, 0.717) is 0 Å². The summed E-state index contributed by atoms with van der Waals surface area (Å²) in [5.41, 5.74) is 0. The summed E-state index contributed by atoms with van der Waals surface area (Å²) in [4.78, 5) is 1.28. The van der Waals surface area contributed by atoms with Crippen molar-refractivity contribution in [3.8, 4) is 0 Å². The molecular formula is C17H27BrF2OSSi. The van der Waals surface area contributed by atoms with Crippen molar-refractivity contribution in [3.63, 3.8) is 0 Å². The predicted molar refractivity (Wildman–Crippen MR) is 100 cm³/mol. The van der Waals surface area contributed by atoms with Crippen LogP contribution in [0.25, 0.3) is 0 Å². The highest BCUT2D eigenvalue weighted by molar-refractivity contribution is 9.10. The van der Waals surface area contributed by atoms with E-state index in [1.807, 2.05) is 6.07 Å². The molecule has 1 aliphatic rings. The second-order valence-electron chi connectivity index (χ2n) is 8.17. The number of rotatable bonds is 6. The maximum atomic E-state index is 13.3. The lowest BCUT2D eigenvalue weighted by Gasteiger charge is -2.46. The van der Waals surface area contributed by atoms with E-state index in [1.54, 1.807) is 11.3 Å². The van der Waals surface area contributed by atoms with Crippen molar-refractivity contribution in [2.45, 2.75) is 76.6 Å². The third-order valence-corrected chi connectivity index (χ3v) is 11.7. The summed E-state index contributed by atoms with van der Waals surface area (Å²) >= 11 is 5.27. The topological polar surface area (TPSA) is 9.23 Å². The van der Waals surface area contributed by atoms with E-state index in [4.69, 9.17) is 4.43 Å². The Morgan fingerprint density at radius 1 is 1.39 bits per heavy atom. The number of halogens is 3. The van der Waals surface area contributed by atoms with Gasteiger partial charge in [-0.3, -0.25) is 0 Å². The fraction of sp³-hybridized carbons (Fsp3) is 0.765. The summed E-state index contributed by atoms with van der Waals surface area (Å²) in [6.45, 7) is 11.0. The van der Waals surface area contributed by atoms with Crippen LogP contribution in [0.4, 0.5) is 8.78 Å². The van der Waals surface area contributed by atoms with E-state index in [9.17, 15) is 8.78 Å². The van der Waals surface area contributed by atoms with Gasteiger partial charge in [-0.15, -0.1) is 11.3 Å². The third kappa shape index (κ3) is 4.86. The van der Waals surface area contributed by atoms with Gasteiger partial charge in [0.25, 0.3) is 0 Å². The molecular weight excluding hydrogens is 398 g/mol. The molecule has 0 aliphatic heterocycles. The van der Waals surface area contributed by atoms with Crippen molar-refractivity contribution in [1.29, 1.82) is 0 Å². The lowest BCUT2D eigenvalue weighted by molar-refractivity contribution is -0.139. The summed E-state index contributed by atoms with van der Waals surface area (Å²) < 4.78 is 34.3. The highest BCUT2D eigenvalue weighted by Gasteiger charge is 2.50. The Hall–Kier alpha value is 0.217. The molecule has 0 saturated heterocycles. The highest BCUT2D eigenvalue weighted by Crippen LogP contribution is 2.48. The van der Waals surface area contributed by atoms with Crippen LogP contribution in [-0.2, 0) is 10.8 Å². The van der Waals surface area contributed by atoms with Crippen molar-refractivity contribution in [3.05, 3.63) is 20.8 Å². The lowest BCUT2D eigenvalue weighted by atomic mass is 9.76. The van der Waals surface area contributed by atoms with Crippen molar-refractivity contribution in [1.82, 2.24) is 0 Å². The van der Waals surface area contributed by atoms with Gasteiger partial charge in [0.2, 0.25) is 5.92 Å². The molecule has 0 spiro atoms. The molecule has 1 heterocycles. The van der Waals surface area contributed by atoms with Gasteiger partial charge < -0.3 is 4.43 Å². The zero-order valence-electron chi connectivity index (χ0n) is 14.6. The third-order valence-electron chi connectivity index (χ3n) is 5.25. The minimum atomic E-state index is -2.48. The van der Waals surface area contributed by atoms with E-state index in [1.165, 1.54) is 4.88 Å². The maximum Gasteiger partial charge on any atom is 0.248 e. The average Bonchev–Trinajstić information content (AvgIpc) is 2.75. The Morgan fingerprint density at radius 2 is 2.00 bits per heavy atom. The quantitative estimate of drug-likeness (QED) is 0.452. The first kappa shape index (κ1) is 19.5. The van der Waals surface area contributed by atoms with Crippen LogP contribution in [0, 0.1) is 5.92 Å². The minimum absolute atomic E-state index is 0.00198. The molecule has 0 radical (unpaired) electrons. The molecule has 23 heavy (non-hydrogen) atoms. The molecule has 1 saturated carbocycles.